The second-order valence-corrected chi connectivity index (χ2v) is 13.8. The van der Waals surface area contributed by atoms with Gasteiger partial charge in [-0.3, -0.25) is 4.79 Å². The number of hydrogen-bond donors (Lipinski definition) is 0. The van der Waals surface area contributed by atoms with Gasteiger partial charge in [0.25, 0.3) is 20.0 Å². The van der Waals surface area contributed by atoms with Gasteiger partial charge < -0.3 is 0 Å². The number of sulfonamides is 1. The van der Waals surface area contributed by atoms with E-state index in [0.717, 1.165) is 19.5 Å². The number of aromatic nitrogens is 3. The van der Waals surface area contributed by atoms with Crippen LogP contribution in [0.15, 0.2) is 119 Å². The lowest BCUT2D eigenvalue weighted by atomic mass is 9.76. The van der Waals surface area contributed by atoms with Gasteiger partial charge in [-0.05, 0) is 55.3 Å². The summed E-state index contributed by atoms with van der Waals surface area (Å²) in [6.45, 7) is 3.70. The van der Waals surface area contributed by atoms with Gasteiger partial charge in [-0.15, -0.1) is 9.19 Å². The van der Waals surface area contributed by atoms with Crippen LogP contribution in [0.3, 0.4) is 0 Å². The van der Waals surface area contributed by atoms with Gasteiger partial charge >= 0.3 is 0 Å². The molecule has 0 unspecified atom stereocenters. The number of para-hydroxylation sites is 1. The van der Waals surface area contributed by atoms with E-state index in [4.69, 9.17) is 0 Å². The lowest BCUT2D eigenvalue weighted by Gasteiger charge is -2.38. The Hall–Kier alpha value is -4.61. The number of rotatable bonds is 6. The van der Waals surface area contributed by atoms with Gasteiger partial charge in [-0.1, -0.05) is 89.1 Å². The summed E-state index contributed by atoms with van der Waals surface area (Å²) < 4.78 is 56.4. The predicted octanol–water partition coefficient (Wildman–Crippen LogP) is 4.78. The average molecular weight is 599 g/mol. The van der Waals surface area contributed by atoms with E-state index in [1.807, 2.05) is 13.8 Å². The van der Waals surface area contributed by atoms with Crippen LogP contribution in [0.2, 0.25) is 0 Å². The van der Waals surface area contributed by atoms with E-state index in [1.165, 1.54) is 30.5 Å². The molecule has 0 saturated heterocycles. The third kappa shape index (κ3) is 4.60. The van der Waals surface area contributed by atoms with E-state index < -0.39 is 37.8 Å². The summed E-state index contributed by atoms with van der Waals surface area (Å²) in [5, 5.41) is 8.17. The maximum Gasteiger partial charge on any atom is 0.284 e. The standard InChI is InChI=1S/C31H26N4O5S2/c1-21-12-16-24(17-13-21)41(37,38)34-20-27(32-33-34)30-26-10-6-7-11-28(26)35(31(36)29(30)23-8-4-3-5-9-23)42(39,40)25-18-14-22(2)15-19-25/h3-20,29-30H,1-2H3/t29-,30-/m1/s1. The van der Waals surface area contributed by atoms with Crippen LogP contribution >= 0.6 is 0 Å². The van der Waals surface area contributed by atoms with E-state index in [-0.39, 0.29) is 21.2 Å². The molecule has 6 rings (SSSR count). The van der Waals surface area contributed by atoms with Gasteiger partial charge in [-0.25, -0.2) is 12.7 Å². The Bertz CT molecular complexity index is 2010. The van der Waals surface area contributed by atoms with Gasteiger partial charge in [0.15, 0.2) is 0 Å². The molecule has 2 atom stereocenters. The Morgan fingerprint density at radius 3 is 1.81 bits per heavy atom. The third-order valence-electron chi connectivity index (χ3n) is 7.38. The topological polar surface area (TPSA) is 119 Å². The van der Waals surface area contributed by atoms with Crippen molar-refractivity contribution in [1.29, 1.82) is 0 Å². The molecule has 0 spiro atoms. The fourth-order valence-corrected chi connectivity index (χ4v) is 7.77. The normalized spacial score (nSPS) is 17.2. The Morgan fingerprint density at radius 1 is 0.643 bits per heavy atom. The Morgan fingerprint density at radius 2 is 1.19 bits per heavy atom. The van der Waals surface area contributed by atoms with Gasteiger partial charge in [0.1, 0.15) is 0 Å². The molecule has 11 heteroatoms. The van der Waals surface area contributed by atoms with Crippen molar-refractivity contribution in [3.05, 3.63) is 137 Å². The minimum Gasteiger partial charge on any atom is -0.273 e. The van der Waals surface area contributed by atoms with Crippen LogP contribution in [0.4, 0.5) is 5.69 Å². The fraction of sp³-hybridized carbons (Fsp3) is 0.129. The van der Waals surface area contributed by atoms with Crippen molar-refractivity contribution in [3.8, 4) is 0 Å². The lowest BCUT2D eigenvalue weighted by Crippen LogP contribution is -2.46. The van der Waals surface area contributed by atoms with E-state index in [0.29, 0.717) is 11.1 Å². The van der Waals surface area contributed by atoms with Crippen LogP contribution in [0.5, 0.6) is 0 Å². The molecule has 0 bridgehead atoms. The summed E-state index contributed by atoms with van der Waals surface area (Å²) in [5.74, 6) is -2.53. The highest BCUT2D eigenvalue weighted by Crippen LogP contribution is 2.48. The molecule has 1 aliphatic rings. The Balaban J connectivity index is 1.53. The van der Waals surface area contributed by atoms with Crippen LogP contribution < -0.4 is 4.31 Å². The summed E-state index contributed by atoms with van der Waals surface area (Å²) >= 11 is 0. The Kier molecular flexibility index (Phi) is 6.78. The van der Waals surface area contributed by atoms with E-state index in [2.05, 4.69) is 10.3 Å². The first kappa shape index (κ1) is 27.6. The average Bonchev–Trinajstić information content (AvgIpc) is 3.48. The number of carbonyl (C=O) groups excluding carboxylic acids is 1. The van der Waals surface area contributed by atoms with Crippen molar-refractivity contribution >= 4 is 31.6 Å². The van der Waals surface area contributed by atoms with Crippen LogP contribution in [0.1, 0.15) is 39.8 Å². The van der Waals surface area contributed by atoms with Crippen molar-refractivity contribution in [1.82, 2.24) is 14.4 Å². The Labute approximate surface area is 244 Å². The zero-order valence-electron chi connectivity index (χ0n) is 22.7. The van der Waals surface area contributed by atoms with Crippen LogP contribution in [-0.2, 0) is 24.8 Å². The first-order chi connectivity index (χ1) is 20.1. The van der Waals surface area contributed by atoms with Gasteiger partial charge in [-0.2, -0.15) is 8.42 Å². The monoisotopic (exact) mass is 598 g/mol. The molecule has 5 aromatic rings. The summed E-state index contributed by atoms with van der Waals surface area (Å²) in [5.41, 5.74) is 3.24. The SMILES string of the molecule is Cc1ccc(S(=O)(=O)N2C(=O)[C@H](c3ccccc3)[C@@H](c3cn(S(=O)(=O)c4ccc(C)cc4)nn3)c3ccccc32)cc1. The number of nitrogens with zero attached hydrogens (tertiary/aromatic N) is 4. The molecule has 1 aromatic heterocycles. The van der Waals surface area contributed by atoms with Crippen LogP contribution in [0, 0.1) is 13.8 Å². The molecule has 1 amide bonds. The quantitative estimate of drug-likeness (QED) is 0.276. The molecule has 0 N–H and O–H groups in total. The van der Waals surface area contributed by atoms with Crippen LogP contribution in [-0.4, -0.2) is 37.1 Å². The fourth-order valence-electron chi connectivity index (χ4n) is 5.23. The summed E-state index contributed by atoms with van der Waals surface area (Å²) in [7, 11) is -8.37. The van der Waals surface area contributed by atoms with E-state index in [1.54, 1.807) is 78.9 Å². The lowest BCUT2D eigenvalue weighted by molar-refractivity contribution is -0.119. The number of fused-ring (bicyclic) bond motifs is 1. The molecule has 212 valence electrons. The molecule has 4 aromatic carbocycles. The van der Waals surface area contributed by atoms with Gasteiger partial charge in [0, 0.05) is 5.92 Å². The van der Waals surface area contributed by atoms with Gasteiger partial charge in [0.2, 0.25) is 5.91 Å². The molecule has 42 heavy (non-hydrogen) atoms. The molecule has 9 nitrogen and oxygen atoms in total. The third-order valence-corrected chi connectivity index (χ3v) is 10.6. The summed E-state index contributed by atoms with van der Waals surface area (Å²) in [6, 6.07) is 28.2. The van der Waals surface area contributed by atoms with Crippen molar-refractivity contribution < 1.29 is 21.6 Å². The molecular weight excluding hydrogens is 572 g/mol. The number of aryl methyl sites for hydroxylation is 2. The first-order valence-corrected chi connectivity index (χ1v) is 16.0. The first-order valence-electron chi connectivity index (χ1n) is 13.1. The predicted molar refractivity (Wildman–Crippen MR) is 157 cm³/mol. The minimum atomic E-state index is -4.30. The maximum atomic E-state index is 14.4. The number of amides is 1. The zero-order valence-corrected chi connectivity index (χ0v) is 24.3. The number of anilines is 1. The molecule has 1 aliphatic heterocycles. The second-order valence-electron chi connectivity index (χ2n) is 10.2. The molecule has 2 heterocycles. The molecule has 0 aliphatic carbocycles. The molecule has 0 radical (unpaired) electrons. The highest BCUT2D eigenvalue weighted by molar-refractivity contribution is 7.93. The van der Waals surface area contributed by atoms with E-state index >= 15 is 0 Å². The number of benzene rings is 4. The largest absolute Gasteiger partial charge is 0.284 e. The van der Waals surface area contributed by atoms with E-state index in [9.17, 15) is 21.6 Å². The van der Waals surface area contributed by atoms with Crippen molar-refractivity contribution in [3.63, 3.8) is 0 Å². The zero-order chi connectivity index (χ0) is 29.6. The summed E-state index contributed by atoms with van der Waals surface area (Å²) in [6.07, 6.45) is 1.30. The number of hydrogen-bond acceptors (Lipinski definition) is 7. The smallest absolute Gasteiger partial charge is 0.273 e. The van der Waals surface area contributed by atoms with Crippen molar-refractivity contribution in [2.24, 2.45) is 0 Å². The summed E-state index contributed by atoms with van der Waals surface area (Å²) in [4.78, 5) is 14.4. The maximum absolute atomic E-state index is 14.4. The number of carbonyl (C=O) groups is 1. The molecular formula is C31H26N4O5S2. The second kappa shape index (κ2) is 10.3. The van der Waals surface area contributed by atoms with Crippen molar-refractivity contribution in [2.45, 2.75) is 35.5 Å². The van der Waals surface area contributed by atoms with Crippen molar-refractivity contribution in [2.75, 3.05) is 4.31 Å². The highest BCUT2D eigenvalue weighted by atomic mass is 32.2. The highest BCUT2D eigenvalue weighted by Gasteiger charge is 2.48. The molecule has 0 fully saturated rings. The van der Waals surface area contributed by atoms with Gasteiger partial charge in [0.05, 0.1) is 33.3 Å². The minimum absolute atomic E-state index is 0.0170. The molecule has 0 saturated carbocycles. The van der Waals surface area contributed by atoms with Crippen LogP contribution in [0.25, 0.3) is 0 Å².